The summed E-state index contributed by atoms with van der Waals surface area (Å²) in [5, 5.41) is 0. The first-order chi connectivity index (χ1) is 5.47. The van der Waals surface area contributed by atoms with Gasteiger partial charge in [-0.15, -0.1) is 0 Å². The van der Waals surface area contributed by atoms with Crippen molar-refractivity contribution < 1.29 is 4.79 Å². The van der Waals surface area contributed by atoms with E-state index in [1.54, 1.807) is 0 Å². The molecular weight excluding hydrogens is 148 g/mol. The molecule has 1 heteroatoms. The average Bonchev–Trinajstić information content (AvgIpc) is 2.31. The fourth-order valence-corrected chi connectivity index (χ4v) is 4.23. The van der Waals surface area contributed by atoms with Crippen LogP contribution in [0.5, 0.6) is 0 Å². The number of carbonyl (C=O) groups is 1. The number of hydrogen-bond acceptors (Lipinski definition) is 1. The molecule has 4 bridgehead atoms. The molecule has 0 amide bonds. The first kappa shape index (κ1) is 7.11. The molecule has 0 N–H and O–H groups in total. The van der Waals surface area contributed by atoms with Gasteiger partial charge < -0.3 is 0 Å². The summed E-state index contributed by atoms with van der Waals surface area (Å²) in [6.45, 7) is 6.86. The van der Waals surface area contributed by atoms with E-state index in [4.69, 9.17) is 0 Å². The zero-order valence-corrected chi connectivity index (χ0v) is 8.05. The number of ketones is 1. The molecule has 0 saturated heterocycles. The van der Waals surface area contributed by atoms with Gasteiger partial charge in [-0.25, -0.2) is 0 Å². The molecule has 12 heavy (non-hydrogen) atoms. The van der Waals surface area contributed by atoms with E-state index < -0.39 is 0 Å². The van der Waals surface area contributed by atoms with Crippen molar-refractivity contribution in [1.82, 2.24) is 0 Å². The van der Waals surface area contributed by atoms with Gasteiger partial charge in [-0.2, -0.15) is 0 Å². The number of Topliss-reactive ketones (excluding diaryl/α,β-unsaturated/α-hetero) is 1. The molecule has 0 heterocycles. The number of fused-ring (bicyclic) bond motifs is 1. The maximum atomic E-state index is 11.8. The summed E-state index contributed by atoms with van der Waals surface area (Å²) in [4.78, 5) is 11.8. The highest BCUT2D eigenvalue weighted by molar-refractivity contribution is 5.92. The van der Waals surface area contributed by atoms with E-state index >= 15 is 0 Å². The van der Waals surface area contributed by atoms with Gasteiger partial charge in [-0.3, -0.25) is 4.79 Å². The maximum Gasteiger partial charge on any atom is 0.140 e. The third-order valence-electron chi connectivity index (χ3n) is 4.77. The van der Waals surface area contributed by atoms with Crippen LogP contribution in [0.1, 0.15) is 33.6 Å². The Labute approximate surface area is 73.5 Å². The highest BCUT2D eigenvalue weighted by Crippen LogP contribution is 2.77. The molecule has 4 aliphatic rings. The van der Waals surface area contributed by atoms with Crippen LogP contribution in [0.15, 0.2) is 0 Å². The Morgan fingerprint density at radius 1 is 1.33 bits per heavy atom. The molecule has 0 aromatic rings. The molecule has 4 rings (SSSR count). The van der Waals surface area contributed by atoms with Crippen molar-refractivity contribution in [2.45, 2.75) is 33.6 Å². The second kappa shape index (κ2) is 1.51. The summed E-state index contributed by atoms with van der Waals surface area (Å²) in [5.74, 6) is 2.27. The lowest BCUT2D eigenvalue weighted by Gasteiger charge is -2.42. The van der Waals surface area contributed by atoms with Crippen molar-refractivity contribution >= 4 is 5.78 Å². The summed E-state index contributed by atoms with van der Waals surface area (Å²) in [7, 11) is 0. The van der Waals surface area contributed by atoms with Crippen molar-refractivity contribution in [2.75, 3.05) is 0 Å². The van der Waals surface area contributed by atoms with Crippen LogP contribution in [0.2, 0.25) is 0 Å². The Bertz CT molecular complexity index is 276. The van der Waals surface area contributed by atoms with E-state index in [2.05, 4.69) is 20.8 Å². The summed E-state index contributed by atoms with van der Waals surface area (Å²) in [5.41, 5.74) is 0.727. The lowest BCUT2D eigenvalue weighted by atomic mass is 9.61. The van der Waals surface area contributed by atoms with Crippen molar-refractivity contribution in [1.29, 1.82) is 0 Å². The van der Waals surface area contributed by atoms with E-state index in [1.165, 1.54) is 12.8 Å². The summed E-state index contributed by atoms with van der Waals surface area (Å²) in [6, 6.07) is 0. The van der Waals surface area contributed by atoms with Crippen LogP contribution in [0, 0.1) is 28.6 Å². The number of carbonyl (C=O) groups excluding carboxylic acids is 1. The van der Waals surface area contributed by atoms with Gasteiger partial charge >= 0.3 is 0 Å². The van der Waals surface area contributed by atoms with Crippen molar-refractivity contribution in [3.63, 3.8) is 0 Å². The van der Waals surface area contributed by atoms with Crippen LogP contribution in [-0.2, 0) is 4.79 Å². The molecule has 0 spiro atoms. The molecule has 4 fully saturated rings. The molecule has 0 radical (unpaired) electrons. The standard InChI is InChI=1S/C11H16O/c1-10(2)5-11(3)6-4-7(10)9(12)8(6)11/h6-8H,4-5H2,1-3H3. The second-order valence-corrected chi connectivity index (χ2v) is 5.95. The van der Waals surface area contributed by atoms with Crippen LogP contribution in [0.3, 0.4) is 0 Å². The van der Waals surface area contributed by atoms with Gasteiger partial charge in [0.25, 0.3) is 0 Å². The largest absolute Gasteiger partial charge is 0.299 e. The highest BCUT2D eigenvalue weighted by Gasteiger charge is 2.76. The second-order valence-electron chi connectivity index (χ2n) is 5.95. The quantitative estimate of drug-likeness (QED) is 0.536. The Balaban J connectivity index is 2.08. The van der Waals surface area contributed by atoms with Crippen molar-refractivity contribution in [3.05, 3.63) is 0 Å². The Morgan fingerprint density at radius 3 is 2.42 bits per heavy atom. The minimum absolute atomic E-state index is 0.301. The molecule has 1 nitrogen and oxygen atoms in total. The smallest absolute Gasteiger partial charge is 0.140 e. The zero-order valence-electron chi connectivity index (χ0n) is 8.05. The Kier molecular flexibility index (Phi) is 0.897. The minimum atomic E-state index is 0.301. The minimum Gasteiger partial charge on any atom is -0.299 e. The Hall–Kier alpha value is -0.330. The van der Waals surface area contributed by atoms with Gasteiger partial charge in [0.15, 0.2) is 0 Å². The van der Waals surface area contributed by atoms with E-state index in [0.29, 0.717) is 28.4 Å². The van der Waals surface area contributed by atoms with Gasteiger partial charge in [0, 0.05) is 11.8 Å². The van der Waals surface area contributed by atoms with Gasteiger partial charge in [-0.05, 0) is 29.6 Å². The molecule has 0 aromatic carbocycles. The van der Waals surface area contributed by atoms with E-state index in [1.807, 2.05) is 0 Å². The lowest BCUT2D eigenvalue weighted by molar-refractivity contribution is -0.131. The summed E-state index contributed by atoms with van der Waals surface area (Å²) in [6.07, 6.45) is 2.48. The van der Waals surface area contributed by atoms with Crippen LogP contribution in [0.25, 0.3) is 0 Å². The van der Waals surface area contributed by atoms with Crippen LogP contribution in [0.4, 0.5) is 0 Å². The predicted molar refractivity (Wildman–Crippen MR) is 46.6 cm³/mol. The molecular formula is C11H16O. The topological polar surface area (TPSA) is 17.1 Å². The van der Waals surface area contributed by atoms with E-state index in [-0.39, 0.29) is 0 Å². The monoisotopic (exact) mass is 164 g/mol. The van der Waals surface area contributed by atoms with Crippen LogP contribution < -0.4 is 0 Å². The normalized spacial score (nSPS) is 58.9. The first-order valence-electron chi connectivity index (χ1n) is 5.00. The molecule has 4 atom stereocenters. The zero-order chi connectivity index (χ0) is 8.72. The summed E-state index contributed by atoms with van der Waals surface area (Å²) < 4.78 is 0. The highest BCUT2D eigenvalue weighted by atomic mass is 16.1. The van der Waals surface area contributed by atoms with Crippen molar-refractivity contribution in [3.8, 4) is 0 Å². The van der Waals surface area contributed by atoms with E-state index in [0.717, 1.165) is 5.92 Å². The third kappa shape index (κ3) is 0.512. The molecule has 0 aromatic heterocycles. The maximum absolute atomic E-state index is 11.8. The van der Waals surface area contributed by atoms with Crippen LogP contribution in [-0.4, -0.2) is 5.78 Å². The van der Waals surface area contributed by atoms with Gasteiger partial charge in [0.1, 0.15) is 5.78 Å². The first-order valence-corrected chi connectivity index (χ1v) is 5.00. The molecule has 66 valence electrons. The average molecular weight is 164 g/mol. The number of hydrogen-bond donors (Lipinski definition) is 0. The van der Waals surface area contributed by atoms with Crippen molar-refractivity contribution in [2.24, 2.45) is 28.6 Å². The van der Waals surface area contributed by atoms with Gasteiger partial charge in [0.2, 0.25) is 0 Å². The fraction of sp³-hybridized carbons (Fsp3) is 0.909. The SMILES string of the molecule is CC1(C)CC2(C)C3CC1C(=O)C32. The molecule has 4 saturated carbocycles. The molecule has 4 aliphatic carbocycles. The number of rotatable bonds is 0. The molecule has 4 unspecified atom stereocenters. The molecule has 0 aliphatic heterocycles. The lowest BCUT2D eigenvalue weighted by Crippen LogP contribution is -2.40. The van der Waals surface area contributed by atoms with Crippen LogP contribution >= 0.6 is 0 Å². The van der Waals surface area contributed by atoms with Gasteiger partial charge in [0.05, 0.1) is 0 Å². The summed E-state index contributed by atoms with van der Waals surface area (Å²) >= 11 is 0. The van der Waals surface area contributed by atoms with Gasteiger partial charge in [-0.1, -0.05) is 20.8 Å². The Morgan fingerprint density at radius 2 is 2.00 bits per heavy atom. The predicted octanol–water partition coefficient (Wildman–Crippen LogP) is 2.26. The fourth-order valence-electron chi connectivity index (χ4n) is 4.23. The third-order valence-corrected chi connectivity index (χ3v) is 4.77. The van der Waals surface area contributed by atoms with E-state index in [9.17, 15) is 4.79 Å².